The van der Waals surface area contributed by atoms with Gasteiger partial charge in [-0.3, -0.25) is 0 Å². The minimum atomic E-state index is -1.26. The van der Waals surface area contributed by atoms with Crippen molar-refractivity contribution in [3.63, 3.8) is 0 Å². The minimum absolute atomic E-state index is 0. The van der Waals surface area contributed by atoms with Crippen molar-refractivity contribution in [3.05, 3.63) is 159 Å². The number of hydrogen-bond donors (Lipinski definition) is 0. The predicted octanol–water partition coefficient (Wildman–Crippen LogP) is 8.06. The maximum absolute atomic E-state index is 6.39. The van der Waals surface area contributed by atoms with Gasteiger partial charge in [-0.2, -0.15) is 25.1 Å². The van der Waals surface area contributed by atoms with Crippen LogP contribution in [0.1, 0.15) is 12.0 Å². The summed E-state index contributed by atoms with van der Waals surface area (Å²) in [6, 6.07) is 48.5. The second-order valence-electron chi connectivity index (χ2n) is 9.24. The average molecular weight is 613 g/mol. The molecule has 6 rings (SSSR count). The molecule has 1 N–H and O–H groups in total. The summed E-state index contributed by atoms with van der Waals surface area (Å²) in [4.78, 5) is 0. The van der Waals surface area contributed by atoms with Crippen LogP contribution >= 0.6 is 7.92 Å². The Labute approximate surface area is 246 Å². The van der Waals surface area contributed by atoms with Crippen molar-refractivity contribution in [3.8, 4) is 11.1 Å². The van der Waals surface area contributed by atoms with E-state index in [9.17, 15) is 0 Å². The zero-order chi connectivity index (χ0) is 26.3. The van der Waals surface area contributed by atoms with Crippen molar-refractivity contribution in [1.82, 2.24) is 0 Å². The molecule has 0 spiro atoms. The van der Waals surface area contributed by atoms with Crippen molar-refractivity contribution in [1.29, 1.82) is 0 Å². The van der Waals surface area contributed by atoms with Crippen LogP contribution in [0.4, 0.5) is 0 Å². The Kier molecular flexibility index (Phi) is 10.1. The first-order valence-corrected chi connectivity index (χ1v) is 14.5. The third kappa shape index (κ3) is 6.16. The number of nitrogens with one attached hydrogen (secondary N) is 1. The maximum atomic E-state index is 6.39. The first-order chi connectivity index (χ1) is 18.7. The first-order valence-electron chi connectivity index (χ1n) is 13.0. The molecule has 3 heteroatoms. The van der Waals surface area contributed by atoms with E-state index in [1.807, 2.05) is 0 Å². The fourth-order valence-electron chi connectivity index (χ4n) is 5.05. The van der Waals surface area contributed by atoms with E-state index in [2.05, 4.69) is 147 Å². The Morgan fingerprint density at radius 1 is 0.538 bits per heavy atom. The fourth-order valence-corrected chi connectivity index (χ4v) is 7.82. The van der Waals surface area contributed by atoms with E-state index in [0.717, 1.165) is 12.0 Å². The second-order valence-corrected chi connectivity index (χ2v) is 11.7. The van der Waals surface area contributed by atoms with Gasteiger partial charge >= 0.3 is 19.5 Å². The summed E-state index contributed by atoms with van der Waals surface area (Å²) in [6.07, 6.45) is 0.736. The van der Waals surface area contributed by atoms with Crippen LogP contribution in [0.5, 0.6) is 0 Å². The monoisotopic (exact) mass is 613 g/mol. The molecule has 1 nitrogen and oxygen atoms in total. The molecule has 0 saturated carbocycles. The number of hydrogen-bond acceptors (Lipinski definition) is 0. The molecule has 6 aromatic rings. The van der Waals surface area contributed by atoms with Gasteiger partial charge in [0.1, 0.15) is 10.6 Å². The van der Waals surface area contributed by atoms with Crippen LogP contribution < -0.4 is 15.9 Å². The molecule has 0 saturated heterocycles. The summed E-state index contributed by atoms with van der Waals surface area (Å²) in [5.41, 5.74) is 10.0. The van der Waals surface area contributed by atoms with Gasteiger partial charge < -0.3 is 12.7 Å². The molecule has 0 radical (unpaired) electrons. The molecule has 0 aliphatic rings. The number of fused-ring (bicyclic) bond motifs is 2. The van der Waals surface area contributed by atoms with Crippen LogP contribution in [0.2, 0.25) is 0 Å². The van der Waals surface area contributed by atoms with Crippen LogP contribution in [-0.4, -0.2) is 6.54 Å². The van der Waals surface area contributed by atoms with Gasteiger partial charge in [0.2, 0.25) is 0 Å². The summed E-state index contributed by atoms with van der Waals surface area (Å²) < 4.78 is 0. The molecular formula is C36H34NPRu-2. The molecule has 6 aromatic carbocycles. The molecule has 0 bridgehead atoms. The van der Waals surface area contributed by atoms with Crippen LogP contribution in [-0.2, 0) is 19.5 Å². The molecule has 0 atom stereocenters. The van der Waals surface area contributed by atoms with Gasteiger partial charge in [0.25, 0.3) is 0 Å². The summed E-state index contributed by atoms with van der Waals surface area (Å²) >= 11 is 0. The Bertz CT molecular complexity index is 1610. The molecular weight excluding hydrogens is 578 g/mol. The zero-order valence-electron chi connectivity index (χ0n) is 21.9. The Balaban J connectivity index is 0.000000662. The van der Waals surface area contributed by atoms with Crippen molar-refractivity contribution >= 4 is 45.4 Å². The van der Waals surface area contributed by atoms with Crippen LogP contribution in [0.25, 0.3) is 38.4 Å². The quantitative estimate of drug-likeness (QED) is 0.107. The molecule has 198 valence electrons. The van der Waals surface area contributed by atoms with Gasteiger partial charge in [-0.1, -0.05) is 96.4 Å². The molecule has 0 fully saturated rings. The normalized spacial score (nSPS) is 10.6. The van der Waals surface area contributed by atoms with Gasteiger partial charge in [0, 0.05) is 0 Å². The SMILES string of the molecule is [CH2-]CC[NH-].[CH2-]c1ccc2ccccc2c1-c1c([PH+](c2ccccc2)c2ccccc2)ccc2ccccc12.[RuH2]. The van der Waals surface area contributed by atoms with E-state index in [-0.39, 0.29) is 19.5 Å². The third-order valence-electron chi connectivity index (χ3n) is 6.77. The standard InChI is InChI=1S/C33H24P.C3H7N.Ru.2H/c1-24-20-21-25-12-8-10-18-29(25)32(24)33-30-19-11-9-13-26(30)22-23-31(33)34(27-14-4-2-5-15-27)28-16-6-3-7-17-28;1-2-3-4;;;/h2-23H,1H2;4H,1-3H2;;;/q-1;-2;;;/p+1. The summed E-state index contributed by atoms with van der Waals surface area (Å²) in [6.45, 7) is 8.39. The van der Waals surface area contributed by atoms with Crippen LogP contribution in [0, 0.1) is 13.8 Å². The fraction of sp³-hybridized carbons (Fsp3) is 0.0556. The van der Waals surface area contributed by atoms with E-state index < -0.39 is 7.92 Å². The van der Waals surface area contributed by atoms with E-state index >= 15 is 0 Å². The molecule has 0 amide bonds. The van der Waals surface area contributed by atoms with Crippen LogP contribution in [0.15, 0.2) is 133 Å². The van der Waals surface area contributed by atoms with Gasteiger partial charge in [0.05, 0.1) is 13.2 Å². The van der Waals surface area contributed by atoms with Gasteiger partial charge in [-0.25, -0.2) is 6.42 Å². The molecule has 39 heavy (non-hydrogen) atoms. The van der Waals surface area contributed by atoms with E-state index in [4.69, 9.17) is 5.73 Å². The van der Waals surface area contributed by atoms with E-state index in [1.165, 1.54) is 48.6 Å². The van der Waals surface area contributed by atoms with Gasteiger partial charge in [-0.15, -0.1) is 11.6 Å². The van der Waals surface area contributed by atoms with Gasteiger partial charge in [-0.05, 0) is 52.1 Å². The second kappa shape index (κ2) is 13.7. The molecule has 0 aliphatic heterocycles. The van der Waals surface area contributed by atoms with E-state index in [1.54, 1.807) is 0 Å². The van der Waals surface area contributed by atoms with Crippen molar-refractivity contribution in [2.24, 2.45) is 0 Å². The zero-order valence-corrected chi connectivity index (χ0v) is 24.9. The molecule has 0 unspecified atom stereocenters. The first kappa shape index (κ1) is 28.7. The van der Waals surface area contributed by atoms with Gasteiger partial charge in [0.15, 0.2) is 0 Å². The number of benzene rings is 6. The topological polar surface area (TPSA) is 23.8 Å². The summed E-state index contributed by atoms with van der Waals surface area (Å²) in [7, 11) is -1.26. The van der Waals surface area contributed by atoms with Crippen LogP contribution in [0.3, 0.4) is 0 Å². The van der Waals surface area contributed by atoms with Crippen molar-refractivity contribution < 1.29 is 19.5 Å². The molecule has 0 aromatic heterocycles. The Morgan fingerprint density at radius 3 is 1.49 bits per heavy atom. The van der Waals surface area contributed by atoms with Crippen molar-refractivity contribution in [2.45, 2.75) is 6.42 Å². The Morgan fingerprint density at radius 2 is 0.974 bits per heavy atom. The summed E-state index contributed by atoms with van der Waals surface area (Å²) in [5.74, 6) is 0. The molecule has 0 aliphatic carbocycles. The van der Waals surface area contributed by atoms with Crippen molar-refractivity contribution in [2.75, 3.05) is 6.54 Å². The predicted molar refractivity (Wildman–Crippen MR) is 173 cm³/mol. The van der Waals surface area contributed by atoms with E-state index in [0.29, 0.717) is 6.54 Å². The molecule has 0 heterocycles. The Hall–Kier alpha value is -3.28. The number of rotatable bonds is 5. The third-order valence-corrected chi connectivity index (χ3v) is 9.54. The summed E-state index contributed by atoms with van der Waals surface area (Å²) in [5, 5.41) is 9.24. The average Bonchev–Trinajstić information content (AvgIpc) is 2.99.